The summed E-state index contributed by atoms with van der Waals surface area (Å²) in [6.45, 7) is 1.62. The number of carbonyl (C=O) groups excluding carboxylic acids is 2. The number of ether oxygens (including phenoxy) is 2. The van der Waals surface area contributed by atoms with Crippen molar-refractivity contribution in [3.63, 3.8) is 0 Å². The number of nitrogens with one attached hydrogen (secondary N) is 1. The van der Waals surface area contributed by atoms with Crippen LogP contribution in [-0.2, 0) is 24.3 Å². The van der Waals surface area contributed by atoms with Gasteiger partial charge in [-0.2, -0.15) is 10.4 Å². The molecule has 24 heavy (non-hydrogen) atoms. The van der Waals surface area contributed by atoms with Crippen molar-refractivity contribution in [2.75, 3.05) is 19.1 Å². The molecule has 0 amide bonds. The lowest BCUT2D eigenvalue weighted by atomic mass is 10.2. The molecule has 0 radical (unpaired) electrons. The second kappa shape index (κ2) is 8.04. The summed E-state index contributed by atoms with van der Waals surface area (Å²) in [5.74, 6) is -1.83. The molecule has 0 aliphatic heterocycles. The maximum atomic E-state index is 11.6. The summed E-state index contributed by atoms with van der Waals surface area (Å²) in [5.41, 5.74) is 1.57. The van der Waals surface area contributed by atoms with E-state index in [1.807, 2.05) is 0 Å². The zero-order chi connectivity index (χ0) is 18.3. The Labute approximate surface area is 137 Å². The molecule has 0 fully saturated rings. The first-order chi connectivity index (χ1) is 11.2. The average Bonchev–Trinajstić information content (AvgIpc) is 2.54. The zero-order valence-electron chi connectivity index (χ0n) is 12.8. The van der Waals surface area contributed by atoms with Gasteiger partial charge in [0.2, 0.25) is 15.7 Å². The van der Waals surface area contributed by atoms with Gasteiger partial charge in [0.05, 0.1) is 29.9 Å². The highest BCUT2D eigenvalue weighted by Gasteiger charge is 2.20. The van der Waals surface area contributed by atoms with E-state index in [4.69, 9.17) is 10.4 Å². The molecular formula is C13H14N4O6S. The summed E-state index contributed by atoms with van der Waals surface area (Å²) < 4.78 is 32.3. The van der Waals surface area contributed by atoms with E-state index in [2.05, 4.69) is 20.0 Å². The van der Waals surface area contributed by atoms with E-state index in [-0.39, 0.29) is 17.9 Å². The number of anilines is 1. The SMILES string of the molecule is CCOC(=O)C(C#N)=NNc1ccc(C(=O)OC)c(S(N)(=O)=O)c1. The van der Waals surface area contributed by atoms with E-state index in [1.165, 1.54) is 12.1 Å². The van der Waals surface area contributed by atoms with Crippen molar-refractivity contribution in [2.24, 2.45) is 10.2 Å². The van der Waals surface area contributed by atoms with Gasteiger partial charge in [-0.15, -0.1) is 0 Å². The lowest BCUT2D eigenvalue weighted by molar-refractivity contribution is -0.134. The van der Waals surface area contributed by atoms with E-state index in [0.717, 1.165) is 19.2 Å². The molecule has 11 heteroatoms. The molecule has 0 saturated carbocycles. The van der Waals surface area contributed by atoms with Gasteiger partial charge in [0.25, 0.3) is 0 Å². The van der Waals surface area contributed by atoms with E-state index in [0.29, 0.717) is 0 Å². The number of hydrogen-bond acceptors (Lipinski definition) is 9. The Hall–Kier alpha value is -2.97. The van der Waals surface area contributed by atoms with Crippen LogP contribution in [0.4, 0.5) is 5.69 Å². The lowest BCUT2D eigenvalue weighted by Gasteiger charge is -2.08. The Morgan fingerprint density at radius 1 is 1.42 bits per heavy atom. The fourth-order valence-electron chi connectivity index (χ4n) is 1.54. The number of carbonyl (C=O) groups is 2. The van der Waals surface area contributed by atoms with Crippen molar-refractivity contribution in [1.29, 1.82) is 5.26 Å². The van der Waals surface area contributed by atoms with E-state index in [9.17, 15) is 18.0 Å². The van der Waals surface area contributed by atoms with Crippen molar-refractivity contribution >= 4 is 33.4 Å². The maximum Gasteiger partial charge on any atom is 0.369 e. The molecule has 0 saturated heterocycles. The van der Waals surface area contributed by atoms with Gasteiger partial charge in [0.15, 0.2) is 0 Å². The van der Waals surface area contributed by atoms with Crippen molar-refractivity contribution in [3.05, 3.63) is 23.8 Å². The van der Waals surface area contributed by atoms with Gasteiger partial charge in [0, 0.05) is 0 Å². The number of benzene rings is 1. The largest absolute Gasteiger partial charge is 0.465 e. The van der Waals surface area contributed by atoms with E-state index < -0.39 is 32.6 Å². The molecule has 128 valence electrons. The fourth-order valence-corrected chi connectivity index (χ4v) is 2.29. The number of primary sulfonamides is 1. The molecular weight excluding hydrogens is 340 g/mol. The number of hydrazone groups is 1. The summed E-state index contributed by atoms with van der Waals surface area (Å²) >= 11 is 0. The van der Waals surface area contributed by atoms with Crippen LogP contribution in [0.25, 0.3) is 0 Å². The van der Waals surface area contributed by atoms with Gasteiger partial charge in [-0.25, -0.2) is 23.1 Å². The Balaban J connectivity index is 3.22. The van der Waals surface area contributed by atoms with Gasteiger partial charge in [-0.05, 0) is 25.1 Å². The molecule has 3 N–H and O–H groups in total. The van der Waals surface area contributed by atoms with E-state index in [1.54, 1.807) is 6.92 Å². The van der Waals surface area contributed by atoms with Crippen molar-refractivity contribution < 1.29 is 27.5 Å². The number of sulfonamides is 1. The highest BCUT2D eigenvalue weighted by atomic mass is 32.2. The van der Waals surface area contributed by atoms with Gasteiger partial charge >= 0.3 is 11.9 Å². The minimum absolute atomic E-state index is 0.0585. The maximum absolute atomic E-state index is 11.6. The van der Waals surface area contributed by atoms with Gasteiger partial charge in [-0.3, -0.25) is 5.43 Å². The minimum atomic E-state index is -4.23. The summed E-state index contributed by atoms with van der Waals surface area (Å²) in [5, 5.41) is 17.4. The van der Waals surface area contributed by atoms with Gasteiger partial charge in [0.1, 0.15) is 6.07 Å². The second-order valence-electron chi connectivity index (χ2n) is 4.15. The third kappa shape index (κ3) is 4.77. The molecule has 0 aromatic heterocycles. The molecule has 0 aliphatic rings. The summed E-state index contributed by atoms with van der Waals surface area (Å²) in [4.78, 5) is 22.5. The molecule has 0 spiro atoms. The Bertz CT molecular complexity index is 825. The van der Waals surface area contributed by atoms with Crippen LogP contribution < -0.4 is 10.6 Å². The number of nitriles is 1. The molecule has 1 rings (SSSR count). The van der Waals surface area contributed by atoms with Crippen molar-refractivity contribution in [2.45, 2.75) is 11.8 Å². The van der Waals surface area contributed by atoms with Gasteiger partial charge < -0.3 is 9.47 Å². The number of rotatable bonds is 6. The zero-order valence-corrected chi connectivity index (χ0v) is 13.6. The predicted molar refractivity (Wildman–Crippen MR) is 82.5 cm³/mol. The first kappa shape index (κ1) is 19.1. The summed E-state index contributed by atoms with van der Waals surface area (Å²) in [6.07, 6.45) is 0. The standard InChI is InChI=1S/C13H14N4O6S/c1-3-23-13(19)10(7-14)17-16-8-4-5-9(12(18)22-2)11(6-8)24(15,20)21/h4-6,16H,3H2,1-2H3,(H2,15,20,21). The Kier molecular flexibility index (Phi) is 6.39. The number of hydrogen-bond donors (Lipinski definition) is 2. The average molecular weight is 354 g/mol. The lowest BCUT2D eigenvalue weighted by Crippen LogP contribution is -2.18. The predicted octanol–water partition coefficient (Wildman–Crippen LogP) is -0.0248. The first-order valence-electron chi connectivity index (χ1n) is 6.40. The molecule has 0 aliphatic carbocycles. The third-order valence-corrected chi connectivity index (χ3v) is 3.52. The minimum Gasteiger partial charge on any atom is -0.465 e. The molecule has 0 bridgehead atoms. The molecule has 0 atom stereocenters. The number of esters is 2. The number of methoxy groups -OCH3 is 1. The van der Waals surface area contributed by atoms with Crippen LogP contribution in [0.5, 0.6) is 0 Å². The van der Waals surface area contributed by atoms with Crippen LogP contribution in [0.1, 0.15) is 17.3 Å². The molecule has 0 heterocycles. The van der Waals surface area contributed by atoms with Crippen LogP contribution in [0.15, 0.2) is 28.2 Å². The van der Waals surface area contributed by atoms with Crippen LogP contribution in [0.2, 0.25) is 0 Å². The normalized spacial score (nSPS) is 11.3. The number of nitrogens with zero attached hydrogens (tertiary/aromatic N) is 2. The topological polar surface area (TPSA) is 161 Å². The fraction of sp³-hybridized carbons (Fsp3) is 0.231. The van der Waals surface area contributed by atoms with Crippen LogP contribution >= 0.6 is 0 Å². The van der Waals surface area contributed by atoms with Crippen molar-refractivity contribution in [1.82, 2.24) is 0 Å². The Morgan fingerprint density at radius 2 is 2.08 bits per heavy atom. The molecule has 1 aromatic carbocycles. The summed E-state index contributed by atoms with van der Waals surface area (Å²) in [6, 6.07) is 5.00. The molecule has 10 nitrogen and oxygen atoms in total. The highest BCUT2D eigenvalue weighted by Crippen LogP contribution is 2.20. The van der Waals surface area contributed by atoms with Crippen LogP contribution in [-0.4, -0.2) is 39.8 Å². The Morgan fingerprint density at radius 3 is 2.58 bits per heavy atom. The van der Waals surface area contributed by atoms with Crippen LogP contribution in [0.3, 0.4) is 0 Å². The smallest absolute Gasteiger partial charge is 0.369 e. The molecule has 1 aromatic rings. The first-order valence-corrected chi connectivity index (χ1v) is 7.95. The summed E-state index contributed by atoms with van der Waals surface area (Å²) in [7, 11) is -3.14. The van der Waals surface area contributed by atoms with Gasteiger partial charge in [-0.1, -0.05) is 0 Å². The monoisotopic (exact) mass is 354 g/mol. The van der Waals surface area contributed by atoms with Crippen LogP contribution in [0, 0.1) is 11.3 Å². The third-order valence-electron chi connectivity index (χ3n) is 2.56. The molecule has 0 unspecified atom stereocenters. The quantitative estimate of drug-likeness (QED) is 0.409. The number of nitrogens with two attached hydrogens (primary N) is 1. The highest BCUT2D eigenvalue weighted by molar-refractivity contribution is 7.89. The van der Waals surface area contributed by atoms with E-state index >= 15 is 0 Å². The second-order valence-corrected chi connectivity index (χ2v) is 5.68. The van der Waals surface area contributed by atoms with Crippen molar-refractivity contribution in [3.8, 4) is 6.07 Å².